The zero-order valence-corrected chi connectivity index (χ0v) is 17.8. The predicted octanol–water partition coefficient (Wildman–Crippen LogP) is 7.52. The molecule has 1 aromatic heterocycles. The Labute approximate surface area is 167 Å². The molecule has 1 rings (SSSR count). The lowest BCUT2D eigenvalue weighted by atomic mass is 10.0. The van der Waals surface area contributed by atoms with Crippen molar-refractivity contribution in [2.45, 2.75) is 122 Å². The van der Waals surface area contributed by atoms with Gasteiger partial charge < -0.3 is 10.1 Å². The molecule has 0 radical (unpaired) electrons. The first-order valence-corrected chi connectivity index (χ1v) is 11.4. The second-order valence-corrected chi connectivity index (χ2v) is 7.56. The SMILES string of the molecule is CCCCCCCCCCCCCCCCCCCC(=O)O.c1c[nH]cn1. The maximum atomic E-state index is 10.4. The fraction of sp³-hybridized carbons (Fsp3) is 0.826. The van der Waals surface area contributed by atoms with Gasteiger partial charge in [0.15, 0.2) is 0 Å². The summed E-state index contributed by atoms with van der Waals surface area (Å²) in [6, 6.07) is 0. The number of carboxylic acids is 1. The summed E-state index contributed by atoms with van der Waals surface area (Å²) >= 11 is 0. The van der Waals surface area contributed by atoms with Gasteiger partial charge in [-0.1, -0.05) is 110 Å². The van der Waals surface area contributed by atoms with Gasteiger partial charge in [-0.25, -0.2) is 4.98 Å². The molecule has 0 atom stereocenters. The van der Waals surface area contributed by atoms with E-state index in [-0.39, 0.29) is 0 Å². The van der Waals surface area contributed by atoms with E-state index < -0.39 is 5.97 Å². The lowest BCUT2D eigenvalue weighted by Gasteiger charge is -2.03. The van der Waals surface area contributed by atoms with Crippen molar-refractivity contribution in [3.05, 3.63) is 18.7 Å². The molecule has 4 nitrogen and oxygen atoms in total. The van der Waals surface area contributed by atoms with E-state index in [9.17, 15) is 4.79 Å². The molecule has 0 aliphatic carbocycles. The van der Waals surface area contributed by atoms with Crippen LogP contribution in [0.25, 0.3) is 0 Å². The normalized spacial score (nSPS) is 10.4. The Hall–Kier alpha value is -1.32. The highest BCUT2D eigenvalue weighted by Crippen LogP contribution is 2.14. The third-order valence-electron chi connectivity index (χ3n) is 4.90. The summed E-state index contributed by atoms with van der Waals surface area (Å²) in [4.78, 5) is 16.8. The number of hydrogen-bond acceptors (Lipinski definition) is 2. The first kappa shape index (κ1) is 25.7. The van der Waals surface area contributed by atoms with Crippen molar-refractivity contribution in [3.8, 4) is 0 Å². The molecule has 0 aromatic carbocycles. The predicted molar refractivity (Wildman–Crippen MR) is 115 cm³/mol. The van der Waals surface area contributed by atoms with Crippen LogP contribution in [0.5, 0.6) is 0 Å². The van der Waals surface area contributed by atoms with Crippen LogP contribution in [0.15, 0.2) is 18.7 Å². The van der Waals surface area contributed by atoms with Gasteiger partial charge in [0.1, 0.15) is 0 Å². The van der Waals surface area contributed by atoms with Crippen molar-refractivity contribution in [1.82, 2.24) is 9.97 Å². The Kier molecular flexibility index (Phi) is 21.6. The van der Waals surface area contributed by atoms with Crippen molar-refractivity contribution in [2.24, 2.45) is 0 Å². The molecule has 0 aliphatic heterocycles. The number of imidazole rings is 1. The Morgan fingerprint density at radius 1 is 0.741 bits per heavy atom. The molecule has 0 amide bonds. The van der Waals surface area contributed by atoms with E-state index in [1.807, 2.05) is 0 Å². The number of aromatic amines is 1. The number of rotatable bonds is 18. The molecule has 0 saturated carbocycles. The van der Waals surface area contributed by atoms with E-state index in [1.165, 1.54) is 96.3 Å². The molecule has 0 saturated heterocycles. The molecular formula is C23H44N2O2. The van der Waals surface area contributed by atoms with Crippen LogP contribution in [0.2, 0.25) is 0 Å². The second-order valence-electron chi connectivity index (χ2n) is 7.56. The third-order valence-corrected chi connectivity index (χ3v) is 4.90. The summed E-state index contributed by atoms with van der Waals surface area (Å²) in [6.07, 6.45) is 28.2. The van der Waals surface area contributed by atoms with Crippen LogP contribution in [-0.2, 0) is 4.79 Å². The highest BCUT2D eigenvalue weighted by molar-refractivity contribution is 5.66. The van der Waals surface area contributed by atoms with Gasteiger partial charge in [-0.2, -0.15) is 0 Å². The number of hydrogen-bond donors (Lipinski definition) is 2. The number of nitrogens with zero attached hydrogens (tertiary/aromatic N) is 1. The van der Waals surface area contributed by atoms with Crippen molar-refractivity contribution < 1.29 is 9.90 Å². The maximum Gasteiger partial charge on any atom is 0.303 e. The summed E-state index contributed by atoms with van der Waals surface area (Å²) in [5.41, 5.74) is 0. The topological polar surface area (TPSA) is 66.0 Å². The zero-order valence-electron chi connectivity index (χ0n) is 17.8. The minimum atomic E-state index is -0.652. The fourth-order valence-corrected chi connectivity index (χ4v) is 3.22. The molecule has 1 aromatic rings. The zero-order chi connectivity index (χ0) is 19.8. The van der Waals surface area contributed by atoms with E-state index in [4.69, 9.17) is 5.11 Å². The molecular weight excluding hydrogens is 336 g/mol. The standard InChI is InChI=1S/C20H40O2.C3H4N2/c1-2-3-4-5-6-7-8-9-10-11-12-13-14-15-16-17-18-19-20(21)22;1-2-5-3-4-1/h2-19H2,1H3,(H,21,22);1-3H,(H,4,5). The highest BCUT2D eigenvalue weighted by Gasteiger charge is 1.97. The Bertz CT molecular complexity index is 363. The van der Waals surface area contributed by atoms with Crippen molar-refractivity contribution in [2.75, 3.05) is 0 Å². The molecule has 0 bridgehead atoms. The maximum absolute atomic E-state index is 10.4. The van der Waals surface area contributed by atoms with Crippen LogP contribution in [-0.4, -0.2) is 21.0 Å². The Morgan fingerprint density at radius 3 is 1.41 bits per heavy atom. The summed E-state index contributed by atoms with van der Waals surface area (Å²) in [6.45, 7) is 2.28. The van der Waals surface area contributed by atoms with E-state index in [1.54, 1.807) is 18.7 Å². The summed E-state index contributed by atoms with van der Waals surface area (Å²) < 4.78 is 0. The molecule has 2 N–H and O–H groups in total. The smallest absolute Gasteiger partial charge is 0.303 e. The van der Waals surface area contributed by atoms with Gasteiger partial charge in [-0.05, 0) is 6.42 Å². The second kappa shape index (κ2) is 22.7. The van der Waals surface area contributed by atoms with Crippen LogP contribution in [0, 0.1) is 0 Å². The number of unbranched alkanes of at least 4 members (excludes halogenated alkanes) is 16. The number of H-pyrrole nitrogens is 1. The number of nitrogens with one attached hydrogen (secondary N) is 1. The average molecular weight is 381 g/mol. The molecule has 0 fully saturated rings. The first-order valence-electron chi connectivity index (χ1n) is 11.4. The lowest BCUT2D eigenvalue weighted by molar-refractivity contribution is -0.137. The van der Waals surface area contributed by atoms with E-state index in [0.29, 0.717) is 6.42 Å². The van der Waals surface area contributed by atoms with Gasteiger partial charge in [-0.3, -0.25) is 4.79 Å². The van der Waals surface area contributed by atoms with Crippen molar-refractivity contribution >= 4 is 5.97 Å². The van der Waals surface area contributed by atoms with Crippen LogP contribution < -0.4 is 0 Å². The largest absolute Gasteiger partial charge is 0.481 e. The summed E-state index contributed by atoms with van der Waals surface area (Å²) in [7, 11) is 0. The van der Waals surface area contributed by atoms with Gasteiger partial charge in [0, 0.05) is 18.8 Å². The number of carbonyl (C=O) groups is 1. The highest BCUT2D eigenvalue weighted by atomic mass is 16.4. The third kappa shape index (κ3) is 24.7. The van der Waals surface area contributed by atoms with Crippen LogP contribution in [0.3, 0.4) is 0 Å². The minimum absolute atomic E-state index is 0.346. The Balaban J connectivity index is 0.00000115. The van der Waals surface area contributed by atoms with Gasteiger partial charge >= 0.3 is 5.97 Å². The number of aromatic nitrogens is 2. The average Bonchev–Trinajstić information content (AvgIpc) is 3.24. The summed E-state index contributed by atoms with van der Waals surface area (Å²) in [5.74, 6) is -0.652. The van der Waals surface area contributed by atoms with Crippen molar-refractivity contribution in [1.29, 1.82) is 0 Å². The summed E-state index contributed by atoms with van der Waals surface area (Å²) in [5, 5.41) is 8.54. The van der Waals surface area contributed by atoms with Crippen LogP contribution >= 0.6 is 0 Å². The molecule has 158 valence electrons. The van der Waals surface area contributed by atoms with Gasteiger partial charge in [0.2, 0.25) is 0 Å². The first-order chi connectivity index (χ1) is 13.3. The fourth-order valence-electron chi connectivity index (χ4n) is 3.22. The lowest BCUT2D eigenvalue weighted by Crippen LogP contribution is -1.93. The minimum Gasteiger partial charge on any atom is -0.481 e. The van der Waals surface area contributed by atoms with Crippen LogP contribution in [0.4, 0.5) is 0 Å². The Morgan fingerprint density at radius 2 is 1.15 bits per heavy atom. The molecule has 0 aliphatic rings. The van der Waals surface area contributed by atoms with E-state index >= 15 is 0 Å². The number of carboxylic acid groups (broad SMARTS) is 1. The van der Waals surface area contributed by atoms with E-state index in [2.05, 4.69) is 16.9 Å². The molecule has 4 heteroatoms. The van der Waals surface area contributed by atoms with Gasteiger partial charge in [0.05, 0.1) is 6.33 Å². The van der Waals surface area contributed by atoms with Gasteiger partial charge in [-0.15, -0.1) is 0 Å². The molecule has 0 spiro atoms. The molecule has 1 heterocycles. The van der Waals surface area contributed by atoms with Crippen molar-refractivity contribution in [3.63, 3.8) is 0 Å². The quantitative estimate of drug-likeness (QED) is 0.259. The molecule has 27 heavy (non-hydrogen) atoms. The monoisotopic (exact) mass is 380 g/mol. The molecule has 0 unspecified atom stereocenters. The van der Waals surface area contributed by atoms with E-state index in [0.717, 1.165) is 12.8 Å². The number of aliphatic carboxylic acids is 1. The van der Waals surface area contributed by atoms with Gasteiger partial charge in [0.25, 0.3) is 0 Å². The van der Waals surface area contributed by atoms with Crippen LogP contribution in [0.1, 0.15) is 122 Å².